The Bertz CT molecular complexity index is 441. The summed E-state index contributed by atoms with van der Waals surface area (Å²) >= 11 is 3.68. The van der Waals surface area contributed by atoms with E-state index in [0.717, 1.165) is 31.7 Å². The summed E-state index contributed by atoms with van der Waals surface area (Å²) in [4.78, 5) is 0. The quantitative estimate of drug-likeness (QED) is 0.808. The van der Waals surface area contributed by atoms with Gasteiger partial charge in [-0.2, -0.15) is 0 Å². The van der Waals surface area contributed by atoms with Gasteiger partial charge in [-0.3, -0.25) is 0 Å². The van der Waals surface area contributed by atoms with Crippen molar-refractivity contribution in [3.8, 4) is 0 Å². The van der Waals surface area contributed by atoms with Gasteiger partial charge in [0.05, 0.1) is 5.60 Å². The molecular formula is C18H28BrNO. The zero-order chi connectivity index (χ0) is 15.3. The van der Waals surface area contributed by atoms with E-state index < -0.39 is 0 Å². The fraction of sp³-hybridized carbons (Fsp3) is 0.667. The van der Waals surface area contributed by atoms with Crippen molar-refractivity contribution in [1.82, 2.24) is 5.32 Å². The zero-order valence-electron chi connectivity index (χ0n) is 13.5. The van der Waals surface area contributed by atoms with Gasteiger partial charge in [-0.05, 0) is 56.2 Å². The van der Waals surface area contributed by atoms with Crippen LogP contribution in [0.1, 0.15) is 45.1 Å². The lowest BCUT2D eigenvalue weighted by molar-refractivity contribution is -0.0743. The number of likely N-dealkylation sites (N-methyl/N-ethyl adjacent to an activating group) is 1. The van der Waals surface area contributed by atoms with Crippen molar-refractivity contribution in [3.63, 3.8) is 0 Å². The van der Waals surface area contributed by atoms with Crippen molar-refractivity contribution < 1.29 is 4.74 Å². The smallest absolute Gasteiger partial charge is 0.0834 e. The molecule has 0 aliphatic heterocycles. The Labute approximate surface area is 137 Å². The number of halogens is 1. The van der Waals surface area contributed by atoms with Crippen molar-refractivity contribution in [2.24, 2.45) is 5.92 Å². The van der Waals surface area contributed by atoms with Crippen molar-refractivity contribution >= 4 is 15.9 Å². The predicted octanol–water partition coefficient (Wildman–Crippen LogP) is 4.57. The molecule has 0 spiro atoms. The normalized spacial score (nSPS) is 27.5. The lowest BCUT2D eigenvalue weighted by Gasteiger charge is -2.44. The van der Waals surface area contributed by atoms with Gasteiger partial charge in [0.25, 0.3) is 0 Å². The number of benzene rings is 1. The molecule has 1 saturated carbocycles. The molecule has 0 heterocycles. The molecule has 3 heteroatoms. The number of hydrogen-bond donors (Lipinski definition) is 1. The predicted molar refractivity (Wildman–Crippen MR) is 92.7 cm³/mol. The highest BCUT2D eigenvalue weighted by molar-refractivity contribution is 9.10. The second-order valence-corrected chi connectivity index (χ2v) is 7.21. The van der Waals surface area contributed by atoms with Gasteiger partial charge in [-0.15, -0.1) is 0 Å². The summed E-state index contributed by atoms with van der Waals surface area (Å²) in [6.45, 7) is 5.52. The molecule has 1 aliphatic carbocycles. The number of ether oxygens (including phenoxy) is 1. The second-order valence-electron chi connectivity index (χ2n) is 6.36. The van der Waals surface area contributed by atoms with Crippen LogP contribution in [0.2, 0.25) is 0 Å². The zero-order valence-corrected chi connectivity index (χ0v) is 15.1. The minimum Gasteiger partial charge on any atom is -0.377 e. The van der Waals surface area contributed by atoms with E-state index in [-0.39, 0.29) is 5.60 Å². The molecule has 0 saturated heterocycles. The highest BCUT2D eigenvalue weighted by Gasteiger charge is 2.41. The third-order valence-corrected chi connectivity index (χ3v) is 5.77. The van der Waals surface area contributed by atoms with Crippen molar-refractivity contribution in [2.45, 2.75) is 57.6 Å². The molecule has 1 aromatic carbocycles. The summed E-state index contributed by atoms with van der Waals surface area (Å²) in [5.41, 5.74) is 1.34. The molecule has 0 radical (unpaired) electrons. The Hall–Kier alpha value is -0.380. The summed E-state index contributed by atoms with van der Waals surface area (Å²) in [5, 5.41) is 3.69. The lowest BCUT2D eigenvalue weighted by atomic mass is 9.73. The Morgan fingerprint density at radius 2 is 2.00 bits per heavy atom. The van der Waals surface area contributed by atoms with Gasteiger partial charge >= 0.3 is 0 Å². The van der Waals surface area contributed by atoms with Crippen LogP contribution in [0, 0.1) is 5.92 Å². The molecule has 2 nitrogen and oxygen atoms in total. The largest absolute Gasteiger partial charge is 0.377 e. The fourth-order valence-corrected chi connectivity index (χ4v) is 3.97. The molecule has 0 amide bonds. The minimum absolute atomic E-state index is 0.0161. The first kappa shape index (κ1) is 17.0. The van der Waals surface area contributed by atoms with E-state index in [1.165, 1.54) is 22.9 Å². The van der Waals surface area contributed by atoms with Crippen LogP contribution in [0.5, 0.6) is 0 Å². The number of methoxy groups -OCH3 is 1. The molecule has 1 aliphatic rings. The Kier molecular flexibility index (Phi) is 6.27. The van der Waals surface area contributed by atoms with Gasteiger partial charge in [-0.25, -0.2) is 0 Å². The summed E-state index contributed by atoms with van der Waals surface area (Å²) in [7, 11) is 1.89. The Morgan fingerprint density at radius 1 is 1.33 bits per heavy atom. The molecule has 1 unspecified atom stereocenters. The molecule has 118 valence electrons. The van der Waals surface area contributed by atoms with Gasteiger partial charge in [0.1, 0.15) is 0 Å². The summed E-state index contributed by atoms with van der Waals surface area (Å²) in [5.74, 6) is 0.832. The number of rotatable bonds is 6. The average molecular weight is 354 g/mol. The van der Waals surface area contributed by atoms with E-state index in [0.29, 0.717) is 6.04 Å². The third-order valence-electron chi connectivity index (χ3n) is 4.99. The van der Waals surface area contributed by atoms with E-state index in [4.69, 9.17) is 4.74 Å². The second kappa shape index (κ2) is 7.75. The standard InChI is InChI=1S/C18H28BrNO/c1-4-20-17(13-15-7-5-6-8-16(15)19)18(21-3)11-9-14(2)10-12-18/h5-8,14,17,20H,4,9-13H2,1-3H3. The van der Waals surface area contributed by atoms with Crippen LogP contribution >= 0.6 is 15.9 Å². The van der Waals surface area contributed by atoms with Gasteiger partial charge < -0.3 is 10.1 Å². The van der Waals surface area contributed by atoms with Crippen molar-refractivity contribution in [2.75, 3.05) is 13.7 Å². The lowest BCUT2D eigenvalue weighted by Crippen LogP contribution is -2.55. The van der Waals surface area contributed by atoms with Crippen LogP contribution in [0.3, 0.4) is 0 Å². The van der Waals surface area contributed by atoms with E-state index in [1.807, 2.05) is 7.11 Å². The van der Waals surface area contributed by atoms with Gasteiger partial charge in [0.15, 0.2) is 0 Å². The van der Waals surface area contributed by atoms with Crippen LogP contribution in [-0.4, -0.2) is 25.3 Å². The SMILES string of the molecule is CCNC(Cc1ccccc1Br)C1(OC)CCC(C)CC1. The summed E-state index contributed by atoms with van der Waals surface area (Å²) in [6.07, 6.45) is 5.87. The first-order chi connectivity index (χ1) is 10.1. The molecule has 1 fully saturated rings. The van der Waals surface area contributed by atoms with Crippen LogP contribution < -0.4 is 5.32 Å². The number of hydrogen-bond acceptors (Lipinski definition) is 2. The van der Waals surface area contributed by atoms with Gasteiger partial charge in [0.2, 0.25) is 0 Å². The summed E-state index contributed by atoms with van der Waals surface area (Å²) in [6, 6.07) is 8.90. The first-order valence-corrected chi connectivity index (χ1v) is 8.92. The average Bonchev–Trinajstić information content (AvgIpc) is 2.50. The van der Waals surface area contributed by atoms with E-state index >= 15 is 0 Å². The van der Waals surface area contributed by atoms with Crippen molar-refractivity contribution in [3.05, 3.63) is 34.3 Å². The molecule has 1 aromatic rings. The van der Waals surface area contributed by atoms with E-state index in [2.05, 4.69) is 59.4 Å². The van der Waals surface area contributed by atoms with Crippen LogP contribution in [0.15, 0.2) is 28.7 Å². The molecular weight excluding hydrogens is 326 g/mol. The maximum absolute atomic E-state index is 6.08. The molecule has 21 heavy (non-hydrogen) atoms. The molecule has 0 bridgehead atoms. The van der Waals surface area contributed by atoms with Gasteiger partial charge in [0, 0.05) is 17.6 Å². The topological polar surface area (TPSA) is 21.3 Å². The highest BCUT2D eigenvalue weighted by atomic mass is 79.9. The number of nitrogens with one attached hydrogen (secondary N) is 1. The minimum atomic E-state index is -0.0161. The van der Waals surface area contributed by atoms with Crippen LogP contribution in [0.4, 0.5) is 0 Å². The highest BCUT2D eigenvalue weighted by Crippen LogP contribution is 2.38. The summed E-state index contributed by atoms with van der Waals surface area (Å²) < 4.78 is 7.27. The third kappa shape index (κ3) is 4.08. The van der Waals surface area contributed by atoms with Crippen LogP contribution in [0.25, 0.3) is 0 Å². The van der Waals surface area contributed by atoms with E-state index in [9.17, 15) is 0 Å². The van der Waals surface area contributed by atoms with Gasteiger partial charge in [-0.1, -0.05) is 48.0 Å². The van der Waals surface area contributed by atoms with Crippen LogP contribution in [-0.2, 0) is 11.2 Å². The molecule has 2 rings (SSSR count). The first-order valence-electron chi connectivity index (χ1n) is 8.13. The molecule has 1 atom stereocenters. The monoisotopic (exact) mass is 353 g/mol. The fourth-order valence-electron chi connectivity index (χ4n) is 3.52. The maximum atomic E-state index is 6.08. The molecule has 0 aromatic heterocycles. The van der Waals surface area contributed by atoms with E-state index in [1.54, 1.807) is 0 Å². The van der Waals surface area contributed by atoms with Crippen molar-refractivity contribution in [1.29, 1.82) is 0 Å². The molecule has 1 N–H and O–H groups in total. The maximum Gasteiger partial charge on any atom is 0.0834 e. The Morgan fingerprint density at radius 3 is 2.57 bits per heavy atom. The Balaban J connectivity index is 2.18.